The molecule has 3 rings (SSSR count). The lowest BCUT2D eigenvalue weighted by Crippen LogP contribution is -2.08. The molecule has 0 bridgehead atoms. The molecular weight excluding hydrogens is 252 g/mol. The van der Waals surface area contributed by atoms with Crippen LogP contribution >= 0.6 is 0 Å². The van der Waals surface area contributed by atoms with Crippen molar-refractivity contribution in [3.05, 3.63) is 60.4 Å². The first-order valence-corrected chi connectivity index (χ1v) is 6.25. The Hall–Kier alpha value is -2.66. The maximum absolute atomic E-state index is 5.82. The Bertz CT molecular complexity index is 707. The van der Waals surface area contributed by atoms with Crippen LogP contribution in [0.15, 0.2) is 54.9 Å². The number of para-hydroxylation sites is 1. The molecule has 0 amide bonds. The standard InChI is InChI=1S/C15H14N4O/c16-19-14-7-6-11(9-18-14)10-20-13-5-1-3-12-4-2-8-17-15(12)13/h1-9H,10,16H2,(H,18,19). The maximum atomic E-state index is 5.82. The van der Waals surface area contributed by atoms with Gasteiger partial charge in [-0.1, -0.05) is 24.3 Å². The number of nitrogens with one attached hydrogen (secondary N) is 1. The number of ether oxygens (including phenoxy) is 1. The number of nitrogens with two attached hydrogens (primary N) is 1. The summed E-state index contributed by atoms with van der Waals surface area (Å²) in [6, 6.07) is 13.5. The van der Waals surface area contributed by atoms with Crippen LogP contribution in [0.2, 0.25) is 0 Å². The fraction of sp³-hybridized carbons (Fsp3) is 0.0667. The lowest BCUT2D eigenvalue weighted by molar-refractivity contribution is 0.309. The molecule has 0 aliphatic rings. The molecule has 0 saturated carbocycles. The molecule has 0 fully saturated rings. The van der Waals surface area contributed by atoms with Gasteiger partial charge in [0, 0.05) is 23.3 Å². The van der Waals surface area contributed by atoms with Gasteiger partial charge in [-0.3, -0.25) is 4.98 Å². The van der Waals surface area contributed by atoms with Crippen molar-refractivity contribution in [3.8, 4) is 5.75 Å². The van der Waals surface area contributed by atoms with Crippen molar-refractivity contribution in [2.45, 2.75) is 6.61 Å². The first-order chi connectivity index (χ1) is 9.86. The number of fused-ring (bicyclic) bond motifs is 1. The zero-order chi connectivity index (χ0) is 13.8. The zero-order valence-corrected chi connectivity index (χ0v) is 10.8. The summed E-state index contributed by atoms with van der Waals surface area (Å²) in [4.78, 5) is 8.49. The highest BCUT2D eigenvalue weighted by molar-refractivity contribution is 5.84. The summed E-state index contributed by atoms with van der Waals surface area (Å²) in [5.74, 6) is 6.67. The Morgan fingerprint density at radius 1 is 1.05 bits per heavy atom. The molecule has 0 radical (unpaired) electrons. The third kappa shape index (κ3) is 2.53. The van der Waals surface area contributed by atoms with Gasteiger partial charge >= 0.3 is 0 Å². The van der Waals surface area contributed by atoms with Crippen molar-refractivity contribution >= 4 is 16.7 Å². The maximum Gasteiger partial charge on any atom is 0.146 e. The van der Waals surface area contributed by atoms with Crippen LogP contribution in [0.3, 0.4) is 0 Å². The molecule has 5 nitrogen and oxygen atoms in total. The number of nitrogen functional groups attached to an aromatic ring is 1. The SMILES string of the molecule is NNc1ccc(COc2cccc3cccnc23)cn1. The first kappa shape index (κ1) is 12.4. The summed E-state index contributed by atoms with van der Waals surface area (Å²) in [5, 5.41) is 1.06. The molecule has 0 aliphatic heterocycles. The number of hydrazine groups is 1. The van der Waals surface area contributed by atoms with Gasteiger partial charge in [0.15, 0.2) is 0 Å². The van der Waals surface area contributed by atoms with E-state index in [0.717, 1.165) is 22.2 Å². The second-order valence-corrected chi connectivity index (χ2v) is 4.32. The molecule has 5 heteroatoms. The Morgan fingerprint density at radius 3 is 2.75 bits per heavy atom. The van der Waals surface area contributed by atoms with Crippen molar-refractivity contribution in [1.82, 2.24) is 9.97 Å². The lowest BCUT2D eigenvalue weighted by Gasteiger charge is -2.08. The van der Waals surface area contributed by atoms with Crippen LogP contribution < -0.4 is 16.0 Å². The largest absolute Gasteiger partial charge is 0.487 e. The number of anilines is 1. The number of nitrogens with zero attached hydrogens (tertiary/aromatic N) is 2. The van der Waals surface area contributed by atoms with Gasteiger partial charge in [-0.25, -0.2) is 10.8 Å². The third-order valence-electron chi connectivity index (χ3n) is 2.96. The number of pyridine rings is 2. The Kier molecular flexibility index (Phi) is 3.43. The monoisotopic (exact) mass is 266 g/mol. The van der Waals surface area contributed by atoms with Gasteiger partial charge in [-0.2, -0.15) is 0 Å². The first-order valence-electron chi connectivity index (χ1n) is 6.25. The van der Waals surface area contributed by atoms with E-state index in [1.807, 2.05) is 36.4 Å². The molecule has 0 atom stereocenters. The predicted octanol–water partition coefficient (Wildman–Crippen LogP) is 2.49. The Balaban J connectivity index is 1.79. The third-order valence-corrected chi connectivity index (χ3v) is 2.96. The van der Waals surface area contributed by atoms with E-state index in [0.29, 0.717) is 12.4 Å². The van der Waals surface area contributed by atoms with E-state index in [-0.39, 0.29) is 0 Å². The van der Waals surface area contributed by atoms with Crippen LogP contribution in [0.4, 0.5) is 5.82 Å². The van der Waals surface area contributed by atoms with Crippen molar-refractivity contribution in [2.75, 3.05) is 5.43 Å². The highest BCUT2D eigenvalue weighted by atomic mass is 16.5. The van der Waals surface area contributed by atoms with Crippen LogP contribution in [-0.2, 0) is 6.61 Å². The van der Waals surface area contributed by atoms with Gasteiger partial charge in [0.05, 0.1) is 0 Å². The van der Waals surface area contributed by atoms with Crippen LogP contribution in [0, 0.1) is 0 Å². The average Bonchev–Trinajstić information content (AvgIpc) is 2.53. The summed E-state index contributed by atoms with van der Waals surface area (Å²) in [6.07, 6.45) is 3.49. The molecule has 2 aromatic heterocycles. The van der Waals surface area contributed by atoms with Crippen molar-refractivity contribution < 1.29 is 4.74 Å². The van der Waals surface area contributed by atoms with Crippen molar-refractivity contribution in [2.24, 2.45) is 5.84 Å². The molecule has 20 heavy (non-hydrogen) atoms. The fourth-order valence-corrected chi connectivity index (χ4v) is 1.95. The molecule has 0 unspecified atom stereocenters. The van der Waals surface area contributed by atoms with Crippen molar-refractivity contribution in [1.29, 1.82) is 0 Å². The topological polar surface area (TPSA) is 73.1 Å². The smallest absolute Gasteiger partial charge is 0.146 e. The minimum absolute atomic E-state index is 0.438. The highest BCUT2D eigenvalue weighted by Gasteiger charge is 2.03. The summed E-state index contributed by atoms with van der Waals surface area (Å²) in [6.45, 7) is 0.438. The van der Waals surface area contributed by atoms with Crippen LogP contribution in [-0.4, -0.2) is 9.97 Å². The van der Waals surface area contributed by atoms with Crippen LogP contribution in [0.25, 0.3) is 10.9 Å². The molecule has 3 N–H and O–H groups in total. The van der Waals surface area contributed by atoms with Crippen LogP contribution in [0.5, 0.6) is 5.75 Å². The molecule has 1 aromatic carbocycles. The highest BCUT2D eigenvalue weighted by Crippen LogP contribution is 2.23. The van der Waals surface area contributed by atoms with E-state index in [1.54, 1.807) is 18.5 Å². The van der Waals surface area contributed by atoms with Crippen molar-refractivity contribution in [3.63, 3.8) is 0 Å². The summed E-state index contributed by atoms with van der Waals surface area (Å²) >= 11 is 0. The van der Waals surface area contributed by atoms with E-state index in [2.05, 4.69) is 15.4 Å². The van der Waals surface area contributed by atoms with Gasteiger partial charge in [-0.05, 0) is 18.2 Å². The van der Waals surface area contributed by atoms with E-state index < -0.39 is 0 Å². The van der Waals surface area contributed by atoms with Gasteiger partial charge in [0.1, 0.15) is 23.7 Å². The van der Waals surface area contributed by atoms with Gasteiger partial charge in [0.25, 0.3) is 0 Å². The number of hydrogen-bond acceptors (Lipinski definition) is 5. The Morgan fingerprint density at radius 2 is 1.95 bits per heavy atom. The van der Waals surface area contributed by atoms with Gasteiger partial charge in [-0.15, -0.1) is 0 Å². The summed E-state index contributed by atoms with van der Waals surface area (Å²) < 4.78 is 5.82. The molecule has 100 valence electrons. The van der Waals surface area contributed by atoms with Crippen LogP contribution in [0.1, 0.15) is 5.56 Å². The normalized spacial score (nSPS) is 10.4. The predicted molar refractivity (Wildman–Crippen MR) is 78.1 cm³/mol. The molecular formula is C15H14N4O. The molecule has 3 aromatic rings. The second-order valence-electron chi connectivity index (χ2n) is 4.32. The molecule has 0 spiro atoms. The molecule has 2 heterocycles. The van der Waals surface area contributed by atoms with Gasteiger partial charge in [0.2, 0.25) is 0 Å². The summed E-state index contributed by atoms with van der Waals surface area (Å²) in [7, 11) is 0. The van der Waals surface area contributed by atoms with E-state index >= 15 is 0 Å². The zero-order valence-electron chi connectivity index (χ0n) is 10.8. The minimum Gasteiger partial charge on any atom is -0.487 e. The second kappa shape index (κ2) is 5.54. The molecule has 0 aliphatic carbocycles. The Labute approximate surface area is 116 Å². The number of aromatic nitrogens is 2. The minimum atomic E-state index is 0.438. The lowest BCUT2D eigenvalue weighted by atomic mass is 10.2. The summed E-state index contributed by atoms with van der Waals surface area (Å²) in [5.41, 5.74) is 4.32. The van der Waals surface area contributed by atoms with E-state index in [4.69, 9.17) is 10.6 Å². The van der Waals surface area contributed by atoms with Gasteiger partial charge < -0.3 is 10.2 Å². The number of benzene rings is 1. The molecule has 0 saturated heterocycles. The number of rotatable bonds is 4. The fourth-order valence-electron chi connectivity index (χ4n) is 1.95. The van der Waals surface area contributed by atoms with E-state index in [9.17, 15) is 0 Å². The number of hydrogen-bond donors (Lipinski definition) is 2. The quantitative estimate of drug-likeness (QED) is 0.560. The average molecular weight is 266 g/mol. The van der Waals surface area contributed by atoms with E-state index in [1.165, 1.54) is 0 Å².